The fraction of sp³-hybridized carbons (Fsp3) is 0. The van der Waals surface area contributed by atoms with Gasteiger partial charge in [-0.3, -0.25) is 0 Å². The second-order valence-corrected chi connectivity index (χ2v) is 13.5. The Kier molecular flexibility index (Phi) is 6.48. The van der Waals surface area contributed by atoms with Gasteiger partial charge in [0.2, 0.25) is 0 Å². The minimum Gasteiger partial charge on any atom is -0.308 e. The summed E-state index contributed by atoms with van der Waals surface area (Å²) in [5.74, 6) is 0. The quantitative estimate of drug-likeness (QED) is 0.174. The van der Waals surface area contributed by atoms with Gasteiger partial charge in [-0.05, 0) is 48.5 Å². The molecule has 6 aromatic carbocycles. The molecular weight excluding hydrogens is 647 g/mol. The van der Waals surface area contributed by atoms with Gasteiger partial charge in [0, 0.05) is 49.3 Å². The zero-order chi connectivity index (χ0) is 34.9. The molecule has 5 heteroatoms. The average Bonchev–Trinajstić information content (AvgIpc) is 3.56. The first kappa shape index (κ1) is 29.5. The fourth-order valence-electron chi connectivity index (χ4n) is 7.73. The van der Waals surface area contributed by atoms with Crippen LogP contribution in [0.5, 0.6) is 0 Å². The van der Waals surface area contributed by atoms with E-state index in [1.807, 2.05) is 18.2 Å². The number of benzene rings is 6. The largest absolute Gasteiger partial charge is 0.308 e. The van der Waals surface area contributed by atoms with E-state index in [0.29, 0.717) is 0 Å². The van der Waals surface area contributed by atoms with Gasteiger partial charge in [-0.1, -0.05) is 127 Å². The van der Waals surface area contributed by atoms with Crippen LogP contribution in [-0.2, 0) is 0 Å². The van der Waals surface area contributed by atoms with E-state index >= 15 is 0 Å². The van der Waals surface area contributed by atoms with Gasteiger partial charge < -0.3 is 4.57 Å². The molecular formula is C48H29N5. The molecule has 5 aromatic heterocycles. The van der Waals surface area contributed by atoms with E-state index < -0.39 is 0 Å². The summed E-state index contributed by atoms with van der Waals surface area (Å²) >= 11 is 0. The van der Waals surface area contributed by atoms with Crippen LogP contribution in [0.25, 0.3) is 105 Å². The third-order valence-corrected chi connectivity index (χ3v) is 10.3. The molecule has 11 rings (SSSR count). The highest BCUT2D eigenvalue weighted by Crippen LogP contribution is 2.36. The van der Waals surface area contributed by atoms with Crippen LogP contribution in [0.1, 0.15) is 0 Å². The van der Waals surface area contributed by atoms with Crippen LogP contribution < -0.4 is 0 Å². The Balaban J connectivity index is 1.04. The Labute approximate surface area is 304 Å². The van der Waals surface area contributed by atoms with E-state index in [1.165, 1.54) is 0 Å². The Morgan fingerprint density at radius 3 is 1.40 bits per heavy atom. The third kappa shape index (κ3) is 4.79. The molecule has 0 spiro atoms. The summed E-state index contributed by atoms with van der Waals surface area (Å²) in [7, 11) is 0. The molecule has 0 amide bonds. The second kappa shape index (κ2) is 11.7. The second-order valence-electron chi connectivity index (χ2n) is 13.5. The maximum absolute atomic E-state index is 5.36. The number of aromatic nitrogens is 5. The molecule has 0 atom stereocenters. The first-order valence-corrected chi connectivity index (χ1v) is 17.8. The highest BCUT2D eigenvalue weighted by atomic mass is 15.0. The van der Waals surface area contributed by atoms with Crippen LogP contribution in [0, 0.1) is 0 Å². The molecule has 5 nitrogen and oxygen atoms in total. The van der Waals surface area contributed by atoms with E-state index in [9.17, 15) is 0 Å². The standard InChI is InChI=1S/C48H29N5/c1-3-10-30(11-4-1)39-25-22-31-18-19-32-23-26-40(50-45(32)44(31)49-39)34-12-9-13-35(28-34)41-27-24-33-20-21-36-29-43-48(52-47(36)46(33)51-41)38-16-7-8-17-42(38)53(43)37-14-5-2-6-15-37/h1-29H. The maximum Gasteiger partial charge on any atom is 0.0974 e. The predicted molar refractivity (Wildman–Crippen MR) is 218 cm³/mol. The minimum absolute atomic E-state index is 0.888. The number of para-hydroxylation sites is 2. The smallest absolute Gasteiger partial charge is 0.0974 e. The molecule has 0 bridgehead atoms. The SMILES string of the molecule is c1ccc(-c2ccc3ccc4ccc(-c5cccc(-c6ccc7ccc8cc9c(nc8c7n6)c6ccccc6n9-c6ccccc6)c5)nc4c3n2)cc1. The van der Waals surface area contributed by atoms with Gasteiger partial charge in [-0.2, -0.15) is 0 Å². The summed E-state index contributed by atoms with van der Waals surface area (Å²) in [5.41, 5.74) is 13.7. The lowest BCUT2D eigenvalue weighted by Crippen LogP contribution is -1.94. The third-order valence-electron chi connectivity index (χ3n) is 10.3. The van der Waals surface area contributed by atoms with Crippen LogP contribution in [-0.4, -0.2) is 24.5 Å². The van der Waals surface area contributed by atoms with Gasteiger partial charge in [0.15, 0.2) is 0 Å². The highest BCUT2D eigenvalue weighted by Gasteiger charge is 2.17. The van der Waals surface area contributed by atoms with Crippen LogP contribution in [0.3, 0.4) is 0 Å². The van der Waals surface area contributed by atoms with Crippen LogP contribution >= 0.6 is 0 Å². The first-order valence-electron chi connectivity index (χ1n) is 17.8. The topological polar surface area (TPSA) is 56.5 Å². The van der Waals surface area contributed by atoms with Crippen molar-refractivity contribution in [3.63, 3.8) is 0 Å². The lowest BCUT2D eigenvalue weighted by molar-refractivity contribution is 1.18. The highest BCUT2D eigenvalue weighted by molar-refractivity contribution is 6.14. The van der Waals surface area contributed by atoms with Gasteiger partial charge in [0.25, 0.3) is 0 Å². The zero-order valence-corrected chi connectivity index (χ0v) is 28.5. The number of rotatable bonds is 4. The normalized spacial score (nSPS) is 11.8. The molecule has 0 aliphatic heterocycles. The molecule has 0 saturated carbocycles. The number of fused-ring (bicyclic) bond motifs is 9. The van der Waals surface area contributed by atoms with Crippen molar-refractivity contribution >= 4 is 65.5 Å². The first-order chi connectivity index (χ1) is 26.2. The van der Waals surface area contributed by atoms with Crippen molar-refractivity contribution in [3.8, 4) is 39.5 Å². The van der Waals surface area contributed by atoms with Gasteiger partial charge in [-0.15, -0.1) is 0 Å². The molecule has 0 radical (unpaired) electrons. The van der Waals surface area contributed by atoms with Crippen molar-refractivity contribution in [1.82, 2.24) is 24.5 Å². The van der Waals surface area contributed by atoms with Crippen LogP contribution in [0.15, 0.2) is 176 Å². The van der Waals surface area contributed by atoms with Gasteiger partial charge in [0.05, 0.1) is 55.7 Å². The van der Waals surface area contributed by atoms with Crippen LogP contribution in [0.4, 0.5) is 0 Å². The average molecular weight is 676 g/mol. The summed E-state index contributed by atoms with van der Waals surface area (Å²) in [6, 6.07) is 61.3. The van der Waals surface area contributed by atoms with Crippen molar-refractivity contribution < 1.29 is 0 Å². The molecule has 0 N–H and O–H groups in total. The summed E-state index contributed by atoms with van der Waals surface area (Å²) in [6.45, 7) is 0. The summed E-state index contributed by atoms with van der Waals surface area (Å²) < 4.78 is 2.30. The molecule has 0 unspecified atom stereocenters. The molecule has 246 valence electrons. The van der Waals surface area contributed by atoms with E-state index in [2.05, 4.69) is 162 Å². The van der Waals surface area contributed by atoms with Crippen molar-refractivity contribution in [1.29, 1.82) is 0 Å². The lowest BCUT2D eigenvalue weighted by atomic mass is 10.0. The maximum atomic E-state index is 5.36. The zero-order valence-electron chi connectivity index (χ0n) is 28.5. The molecule has 0 aliphatic carbocycles. The number of nitrogens with zero attached hydrogens (tertiary/aromatic N) is 5. The number of hydrogen-bond acceptors (Lipinski definition) is 4. The fourth-order valence-corrected chi connectivity index (χ4v) is 7.73. The number of hydrogen-bond donors (Lipinski definition) is 0. The monoisotopic (exact) mass is 675 g/mol. The van der Waals surface area contributed by atoms with E-state index in [0.717, 1.165) is 105 Å². The summed E-state index contributed by atoms with van der Waals surface area (Å²) in [5, 5.41) is 5.36. The molecule has 0 fully saturated rings. The van der Waals surface area contributed by atoms with Gasteiger partial charge in [0.1, 0.15) is 0 Å². The van der Waals surface area contributed by atoms with Crippen molar-refractivity contribution in [2.45, 2.75) is 0 Å². The number of pyridine rings is 4. The van der Waals surface area contributed by atoms with Crippen molar-refractivity contribution in [2.75, 3.05) is 0 Å². The van der Waals surface area contributed by atoms with E-state index in [-0.39, 0.29) is 0 Å². The molecule has 0 saturated heterocycles. The lowest BCUT2D eigenvalue weighted by Gasteiger charge is -2.10. The van der Waals surface area contributed by atoms with Gasteiger partial charge in [-0.25, -0.2) is 19.9 Å². The Morgan fingerprint density at radius 1 is 0.302 bits per heavy atom. The summed E-state index contributed by atoms with van der Waals surface area (Å²) in [6.07, 6.45) is 0. The summed E-state index contributed by atoms with van der Waals surface area (Å²) in [4.78, 5) is 21.0. The van der Waals surface area contributed by atoms with Gasteiger partial charge >= 0.3 is 0 Å². The van der Waals surface area contributed by atoms with Crippen molar-refractivity contribution in [2.24, 2.45) is 0 Å². The molecule has 0 aliphatic rings. The van der Waals surface area contributed by atoms with E-state index in [4.69, 9.17) is 19.9 Å². The Hall–Kier alpha value is -7.24. The van der Waals surface area contributed by atoms with E-state index in [1.54, 1.807) is 0 Å². The van der Waals surface area contributed by atoms with Crippen LogP contribution in [0.2, 0.25) is 0 Å². The minimum atomic E-state index is 0.888. The molecule has 53 heavy (non-hydrogen) atoms. The van der Waals surface area contributed by atoms with Crippen molar-refractivity contribution in [3.05, 3.63) is 176 Å². The Morgan fingerprint density at radius 2 is 0.774 bits per heavy atom. The molecule has 11 aromatic rings. The predicted octanol–water partition coefficient (Wildman–Crippen LogP) is 12.0. The Bertz CT molecular complexity index is 3220. The molecule has 5 heterocycles.